The number of nitrogens with zero attached hydrogens (tertiary/aromatic N) is 4. The summed E-state index contributed by atoms with van der Waals surface area (Å²) in [7, 11) is 0. The molecule has 80 valence electrons. The van der Waals surface area contributed by atoms with E-state index >= 15 is 0 Å². The van der Waals surface area contributed by atoms with E-state index < -0.39 is 0 Å². The molecule has 0 aliphatic heterocycles. The second kappa shape index (κ2) is 4.45. The summed E-state index contributed by atoms with van der Waals surface area (Å²) in [6.07, 6.45) is 1.72. The average Bonchev–Trinajstić information content (AvgIpc) is 2.59. The molecule has 0 aromatic carbocycles. The van der Waals surface area contributed by atoms with Crippen LogP contribution in [0.5, 0.6) is 0 Å². The van der Waals surface area contributed by atoms with Gasteiger partial charge in [0, 0.05) is 6.20 Å². The largest absolute Gasteiger partial charge is 0.255 e. The quantitative estimate of drug-likeness (QED) is 0.847. The lowest BCUT2D eigenvalue weighted by Crippen LogP contribution is -2.00. The Bertz CT molecular complexity index is 539. The topological polar surface area (TPSA) is 54.5 Å². The third kappa shape index (κ3) is 1.84. The van der Waals surface area contributed by atoms with Crippen LogP contribution in [-0.4, -0.2) is 14.8 Å². The standard InChI is InChI=1S/C11H9BrN4/c1-8-10(12)11(15-16(8)7-5-13)9-4-2-3-6-14-9/h2-4,6H,7H2,1H3. The molecule has 2 rings (SSSR count). The van der Waals surface area contributed by atoms with E-state index in [2.05, 4.69) is 32.1 Å². The number of hydrogen-bond acceptors (Lipinski definition) is 3. The molecule has 2 heterocycles. The van der Waals surface area contributed by atoms with Gasteiger partial charge in [-0.25, -0.2) is 0 Å². The summed E-state index contributed by atoms with van der Waals surface area (Å²) < 4.78 is 2.55. The minimum Gasteiger partial charge on any atom is -0.255 e. The van der Waals surface area contributed by atoms with Crippen molar-refractivity contribution >= 4 is 15.9 Å². The van der Waals surface area contributed by atoms with Crippen LogP contribution in [0.1, 0.15) is 5.69 Å². The van der Waals surface area contributed by atoms with Crippen LogP contribution in [-0.2, 0) is 6.54 Å². The molecule has 0 aliphatic rings. The average molecular weight is 277 g/mol. The first kappa shape index (κ1) is 10.8. The van der Waals surface area contributed by atoms with Crippen molar-refractivity contribution in [2.24, 2.45) is 0 Å². The molecule has 0 bridgehead atoms. The number of nitriles is 1. The fourth-order valence-corrected chi connectivity index (χ4v) is 1.90. The highest BCUT2D eigenvalue weighted by atomic mass is 79.9. The van der Waals surface area contributed by atoms with E-state index in [-0.39, 0.29) is 6.54 Å². The van der Waals surface area contributed by atoms with Crippen molar-refractivity contribution in [2.75, 3.05) is 0 Å². The highest BCUT2D eigenvalue weighted by Gasteiger charge is 2.14. The van der Waals surface area contributed by atoms with E-state index in [1.807, 2.05) is 25.1 Å². The number of pyridine rings is 1. The number of aromatic nitrogens is 3. The summed E-state index contributed by atoms with van der Waals surface area (Å²) in [5.41, 5.74) is 2.50. The summed E-state index contributed by atoms with van der Waals surface area (Å²) in [6, 6.07) is 7.74. The van der Waals surface area contributed by atoms with Gasteiger partial charge in [0.2, 0.25) is 0 Å². The van der Waals surface area contributed by atoms with Crippen LogP contribution in [0.4, 0.5) is 0 Å². The fourth-order valence-electron chi connectivity index (χ4n) is 1.41. The molecule has 2 aromatic rings. The van der Waals surface area contributed by atoms with Crippen LogP contribution in [0.2, 0.25) is 0 Å². The lowest BCUT2D eigenvalue weighted by Gasteiger charge is -1.94. The van der Waals surface area contributed by atoms with Gasteiger partial charge in [0.1, 0.15) is 12.2 Å². The van der Waals surface area contributed by atoms with Gasteiger partial charge in [-0.05, 0) is 35.0 Å². The maximum atomic E-state index is 8.67. The lowest BCUT2D eigenvalue weighted by molar-refractivity contribution is 0.687. The van der Waals surface area contributed by atoms with Gasteiger partial charge in [0.05, 0.1) is 21.9 Å². The van der Waals surface area contributed by atoms with Crippen molar-refractivity contribution in [3.63, 3.8) is 0 Å². The molecule has 4 nitrogen and oxygen atoms in total. The highest BCUT2D eigenvalue weighted by Crippen LogP contribution is 2.28. The number of hydrogen-bond donors (Lipinski definition) is 0. The van der Waals surface area contributed by atoms with Crippen molar-refractivity contribution < 1.29 is 0 Å². The zero-order chi connectivity index (χ0) is 11.5. The molecule has 5 heteroatoms. The Morgan fingerprint density at radius 1 is 1.50 bits per heavy atom. The zero-order valence-corrected chi connectivity index (χ0v) is 10.3. The summed E-state index contributed by atoms with van der Waals surface area (Å²) in [4.78, 5) is 4.24. The Balaban J connectivity index is 2.52. The van der Waals surface area contributed by atoms with Crippen LogP contribution in [0.3, 0.4) is 0 Å². The van der Waals surface area contributed by atoms with Crippen LogP contribution < -0.4 is 0 Å². The monoisotopic (exact) mass is 276 g/mol. The molecule has 0 spiro atoms. The van der Waals surface area contributed by atoms with Crippen molar-refractivity contribution in [2.45, 2.75) is 13.5 Å². The first-order valence-corrected chi connectivity index (χ1v) is 5.54. The second-order valence-corrected chi connectivity index (χ2v) is 4.07. The van der Waals surface area contributed by atoms with Gasteiger partial charge < -0.3 is 0 Å². The summed E-state index contributed by atoms with van der Waals surface area (Å²) in [5.74, 6) is 0. The van der Waals surface area contributed by atoms with E-state index in [1.54, 1.807) is 10.9 Å². The van der Waals surface area contributed by atoms with Gasteiger partial charge in [-0.1, -0.05) is 6.07 Å². The molecule has 0 N–H and O–H groups in total. The Hall–Kier alpha value is -1.67. The minimum atomic E-state index is 0.247. The maximum absolute atomic E-state index is 8.67. The van der Waals surface area contributed by atoms with Crippen LogP contribution in [0, 0.1) is 18.3 Å². The first-order chi connectivity index (χ1) is 7.74. The summed E-state index contributed by atoms with van der Waals surface area (Å²) >= 11 is 3.47. The maximum Gasteiger partial charge on any atom is 0.128 e. The number of halogens is 1. The van der Waals surface area contributed by atoms with Crippen molar-refractivity contribution in [1.82, 2.24) is 14.8 Å². The molecular weight excluding hydrogens is 268 g/mol. The molecule has 2 aromatic heterocycles. The Labute approximate surface area is 102 Å². The highest BCUT2D eigenvalue weighted by molar-refractivity contribution is 9.10. The van der Waals surface area contributed by atoms with Crippen molar-refractivity contribution in [3.8, 4) is 17.5 Å². The molecule has 0 saturated heterocycles. The van der Waals surface area contributed by atoms with Crippen LogP contribution in [0.15, 0.2) is 28.9 Å². The normalized spacial score (nSPS) is 10.1. The first-order valence-electron chi connectivity index (χ1n) is 4.75. The molecule has 0 atom stereocenters. The Morgan fingerprint density at radius 2 is 2.31 bits per heavy atom. The predicted molar refractivity (Wildman–Crippen MR) is 63.5 cm³/mol. The SMILES string of the molecule is Cc1c(Br)c(-c2ccccn2)nn1CC#N. The summed E-state index contributed by atoms with van der Waals surface area (Å²) in [5, 5.41) is 13.0. The zero-order valence-electron chi connectivity index (χ0n) is 8.68. The van der Waals surface area contributed by atoms with E-state index in [4.69, 9.17) is 5.26 Å². The lowest BCUT2D eigenvalue weighted by atomic mass is 10.2. The van der Waals surface area contributed by atoms with Gasteiger partial charge in [0.25, 0.3) is 0 Å². The molecule has 0 amide bonds. The van der Waals surface area contributed by atoms with Crippen LogP contribution >= 0.6 is 15.9 Å². The molecule has 0 fully saturated rings. The second-order valence-electron chi connectivity index (χ2n) is 3.28. The van der Waals surface area contributed by atoms with Crippen LogP contribution in [0.25, 0.3) is 11.4 Å². The third-order valence-corrected chi connectivity index (χ3v) is 3.21. The third-order valence-electron chi connectivity index (χ3n) is 2.26. The molecule has 0 saturated carbocycles. The van der Waals surface area contributed by atoms with E-state index in [0.29, 0.717) is 0 Å². The van der Waals surface area contributed by atoms with Gasteiger partial charge in [0.15, 0.2) is 0 Å². The van der Waals surface area contributed by atoms with Gasteiger partial charge in [-0.15, -0.1) is 0 Å². The molecule has 0 unspecified atom stereocenters. The van der Waals surface area contributed by atoms with E-state index in [9.17, 15) is 0 Å². The molecule has 0 radical (unpaired) electrons. The Kier molecular flexibility index (Phi) is 3.02. The number of rotatable bonds is 2. The van der Waals surface area contributed by atoms with E-state index in [1.165, 1.54) is 0 Å². The predicted octanol–water partition coefficient (Wildman–Crippen LogP) is 2.54. The van der Waals surface area contributed by atoms with Gasteiger partial charge in [-0.3, -0.25) is 9.67 Å². The molecule has 16 heavy (non-hydrogen) atoms. The fraction of sp³-hybridized carbons (Fsp3) is 0.182. The Morgan fingerprint density at radius 3 is 2.94 bits per heavy atom. The minimum absolute atomic E-state index is 0.247. The van der Waals surface area contributed by atoms with Gasteiger partial charge >= 0.3 is 0 Å². The van der Waals surface area contributed by atoms with E-state index in [0.717, 1.165) is 21.6 Å². The molecular formula is C11H9BrN4. The van der Waals surface area contributed by atoms with Crippen molar-refractivity contribution in [3.05, 3.63) is 34.6 Å². The molecule has 0 aliphatic carbocycles. The summed E-state index contributed by atoms with van der Waals surface area (Å²) in [6.45, 7) is 2.16. The smallest absolute Gasteiger partial charge is 0.128 e. The van der Waals surface area contributed by atoms with Crippen molar-refractivity contribution in [1.29, 1.82) is 5.26 Å². The van der Waals surface area contributed by atoms with Gasteiger partial charge in [-0.2, -0.15) is 10.4 Å².